The summed E-state index contributed by atoms with van der Waals surface area (Å²) in [6, 6.07) is 50.3. The maximum atomic E-state index is 6.55. The molecule has 0 saturated carbocycles. The Morgan fingerprint density at radius 3 is 2.00 bits per heavy atom. The molecule has 7 aromatic carbocycles. The van der Waals surface area contributed by atoms with E-state index in [9.17, 15) is 0 Å². The van der Waals surface area contributed by atoms with Crippen molar-refractivity contribution in [3.8, 4) is 11.1 Å². The number of para-hydroxylation sites is 1. The molecule has 2 heterocycles. The molecule has 0 radical (unpaired) electrons. The van der Waals surface area contributed by atoms with Gasteiger partial charge in [-0.15, -0.1) is 0 Å². The van der Waals surface area contributed by atoms with Crippen molar-refractivity contribution < 1.29 is 4.42 Å². The van der Waals surface area contributed by atoms with Crippen LogP contribution in [0.5, 0.6) is 0 Å². The second kappa shape index (κ2) is 10.7. The molecule has 0 saturated heterocycles. The van der Waals surface area contributed by atoms with Gasteiger partial charge in [0.1, 0.15) is 17.6 Å². The lowest BCUT2D eigenvalue weighted by atomic mass is 9.99. The van der Waals surface area contributed by atoms with E-state index < -0.39 is 0 Å². The van der Waals surface area contributed by atoms with Crippen LogP contribution in [0.2, 0.25) is 5.02 Å². The van der Waals surface area contributed by atoms with Crippen LogP contribution in [0.15, 0.2) is 160 Å². The number of hydrogen-bond donors (Lipinski definition) is 1. The highest BCUT2D eigenvalue weighted by Crippen LogP contribution is 2.36. The van der Waals surface area contributed by atoms with Gasteiger partial charge >= 0.3 is 0 Å². The van der Waals surface area contributed by atoms with Crippen LogP contribution in [0.1, 0.15) is 22.9 Å². The molecule has 0 amide bonds. The molecule has 1 aliphatic rings. The fraction of sp³-hybridized carbons (Fsp3) is 0.0244. The molecule has 0 aliphatic carbocycles. The average molecular weight is 612 g/mol. The summed E-state index contributed by atoms with van der Waals surface area (Å²) in [6.07, 6.45) is -0.350. The zero-order valence-electron chi connectivity index (χ0n) is 24.6. The van der Waals surface area contributed by atoms with E-state index in [4.69, 9.17) is 26.0 Å². The molecular weight excluding hydrogens is 586 g/mol. The van der Waals surface area contributed by atoms with E-state index in [0.29, 0.717) is 16.4 Å². The number of hydrogen-bond acceptors (Lipinski definition) is 4. The monoisotopic (exact) mass is 611 g/mol. The Bertz CT molecular complexity index is 2530. The zero-order valence-corrected chi connectivity index (χ0v) is 25.4. The van der Waals surface area contributed by atoms with Gasteiger partial charge in [0.15, 0.2) is 11.4 Å². The van der Waals surface area contributed by atoms with Crippen molar-refractivity contribution in [3.05, 3.63) is 167 Å². The van der Waals surface area contributed by atoms with Gasteiger partial charge in [0.2, 0.25) is 0 Å². The Balaban J connectivity index is 1.16. The molecule has 1 N–H and O–H groups in total. The van der Waals surface area contributed by atoms with Crippen LogP contribution in [-0.2, 0) is 0 Å². The van der Waals surface area contributed by atoms with Crippen molar-refractivity contribution in [1.29, 1.82) is 0 Å². The van der Waals surface area contributed by atoms with Crippen molar-refractivity contribution in [2.45, 2.75) is 6.17 Å². The zero-order chi connectivity index (χ0) is 30.6. The number of fused-ring (bicyclic) bond motifs is 5. The van der Waals surface area contributed by atoms with Crippen LogP contribution in [-0.4, -0.2) is 11.7 Å². The van der Waals surface area contributed by atoms with E-state index in [1.54, 1.807) is 0 Å². The second-order valence-electron chi connectivity index (χ2n) is 11.6. The van der Waals surface area contributed by atoms with Gasteiger partial charge in [-0.25, -0.2) is 9.98 Å². The van der Waals surface area contributed by atoms with Gasteiger partial charge in [-0.2, -0.15) is 0 Å². The minimum absolute atomic E-state index is 0.350. The molecule has 218 valence electrons. The van der Waals surface area contributed by atoms with Crippen LogP contribution in [0, 0.1) is 0 Å². The minimum atomic E-state index is -0.350. The van der Waals surface area contributed by atoms with Gasteiger partial charge in [-0.05, 0) is 62.5 Å². The van der Waals surface area contributed by atoms with Gasteiger partial charge in [-0.3, -0.25) is 0 Å². The molecule has 9 rings (SSSR count). The Kier molecular flexibility index (Phi) is 6.22. The predicted molar refractivity (Wildman–Crippen MR) is 191 cm³/mol. The number of furan rings is 1. The largest absolute Gasteiger partial charge is 0.454 e. The Hall–Kier alpha value is -5.71. The number of amidine groups is 2. The van der Waals surface area contributed by atoms with Crippen LogP contribution in [0.25, 0.3) is 54.6 Å². The van der Waals surface area contributed by atoms with Crippen LogP contribution < -0.4 is 5.32 Å². The van der Waals surface area contributed by atoms with Crippen LogP contribution >= 0.6 is 11.6 Å². The molecule has 0 fully saturated rings. The highest BCUT2D eigenvalue weighted by molar-refractivity contribution is 6.36. The molecule has 0 spiro atoms. The van der Waals surface area contributed by atoms with Crippen molar-refractivity contribution in [2.75, 3.05) is 0 Å². The molecule has 1 aromatic heterocycles. The van der Waals surface area contributed by atoms with Gasteiger partial charge in [0, 0.05) is 21.9 Å². The summed E-state index contributed by atoms with van der Waals surface area (Å²) in [4.78, 5) is 10.3. The summed E-state index contributed by atoms with van der Waals surface area (Å²) < 4.78 is 6.22. The SMILES string of the molecule is Clc1cccc2c1oc1cccc(C3=NC(c4ccc5ccccc5c4)=NC(c4ccc(-c5ccc6ccccc6c5)cc4)N3)c12. The molecule has 8 aromatic rings. The van der Waals surface area contributed by atoms with Crippen molar-refractivity contribution in [2.24, 2.45) is 9.98 Å². The Labute approximate surface area is 270 Å². The minimum Gasteiger partial charge on any atom is -0.454 e. The lowest BCUT2D eigenvalue weighted by Crippen LogP contribution is -2.33. The van der Waals surface area contributed by atoms with Crippen LogP contribution in [0.4, 0.5) is 0 Å². The van der Waals surface area contributed by atoms with Gasteiger partial charge in [0.25, 0.3) is 0 Å². The van der Waals surface area contributed by atoms with E-state index >= 15 is 0 Å². The highest BCUT2D eigenvalue weighted by Gasteiger charge is 2.24. The number of nitrogens with one attached hydrogen (secondary N) is 1. The highest BCUT2D eigenvalue weighted by atomic mass is 35.5. The summed E-state index contributed by atoms with van der Waals surface area (Å²) in [7, 11) is 0. The molecule has 46 heavy (non-hydrogen) atoms. The smallest absolute Gasteiger partial charge is 0.159 e. The van der Waals surface area contributed by atoms with E-state index in [-0.39, 0.29) is 6.17 Å². The second-order valence-corrected chi connectivity index (χ2v) is 12.0. The van der Waals surface area contributed by atoms with Crippen molar-refractivity contribution in [1.82, 2.24) is 5.32 Å². The molecule has 4 nitrogen and oxygen atoms in total. The van der Waals surface area contributed by atoms with Gasteiger partial charge in [0.05, 0.1) is 5.02 Å². The summed E-state index contributed by atoms with van der Waals surface area (Å²) in [5.74, 6) is 1.40. The van der Waals surface area contributed by atoms with Crippen molar-refractivity contribution >= 4 is 66.8 Å². The van der Waals surface area contributed by atoms with Gasteiger partial charge in [-0.1, -0.05) is 133 Å². The van der Waals surface area contributed by atoms with E-state index in [1.165, 1.54) is 21.7 Å². The lowest BCUT2D eigenvalue weighted by molar-refractivity contribution is 0.668. The Morgan fingerprint density at radius 2 is 1.24 bits per heavy atom. The standard InChI is InChI=1S/C41H26ClN3O/c42-35-13-5-11-33-37-34(12-6-14-36(37)46-38(33)35)41-44-39(43-40(45-41)32-22-18-26-8-2-4-10-30(26)24-32)28-19-15-27(16-20-28)31-21-17-25-7-1-3-9-29(25)23-31/h1-24,39H,(H,43,44,45). The van der Waals surface area contributed by atoms with Crippen LogP contribution in [0.3, 0.4) is 0 Å². The third kappa shape index (κ3) is 4.54. The molecule has 1 unspecified atom stereocenters. The van der Waals surface area contributed by atoms with E-state index in [2.05, 4.69) is 121 Å². The summed E-state index contributed by atoms with van der Waals surface area (Å²) in [5.41, 5.74) is 6.71. The van der Waals surface area contributed by atoms with Crippen molar-refractivity contribution in [3.63, 3.8) is 0 Å². The molecule has 1 aliphatic heterocycles. The third-order valence-electron chi connectivity index (χ3n) is 8.79. The number of aliphatic imine (C=N–C) groups is 2. The summed E-state index contributed by atoms with van der Waals surface area (Å²) in [6.45, 7) is 0. The number of rotatable bonds is 4. The number of benzene rings is 7. The topological polar surface area (TPSA) is 49.9 Å². The van der Waals surface area contributed by atoms with E-state index in [1.807, 2.05) is 30.3 Å². The molecule has 0 bridgehead atoms. The molecular formula is C41H26ClN3O. The fourth-order valence-corrected chi connectivity index (χ4v) is 6.67. The first-order valence-corrected chi connectivity index (χ1v) is 15.7. The fourth-order valence-electron chi connectivity index (χ4n) is 6.45. The lowest BCUT2D eigenvalue weighted by Gasteiger charge is -2.24. The van der Waals surface area contributed by atoms with Gasteiger partial charge < -0.3 is 9.73 Å². The average Bonchev–Trinajstić information content (AvgIpc) is 3.51. The summed E-state index contributed by atoms with van der Waals surface area (Å²) >= 11 is 6.55. The predicted octanol–water partition coefficient (Wildman–Crippen LogP) is 10.7. The van der Waals surface area contributed by atoms with E-state index in [0.717, 1.165) is 49.8 Å². The number of nitrogens with zero attached hydrogens (tertiary/aromatic N) is 2. The molecule has 5 heteroatoms. The first kappa shape index (κ1) is 26.7. The Morgan fingerprint density at radius 1 is 0.587 bits per heavy atom. The quantitative estimate of drug-likeness (QED) is 0.215. The number of halogens is 1. The normalized spacial score (nSPS) is 14.8. The third-order valence-corrected chi connectivity index (χ3v) is 9.09. The first-order valence-electron chi connectivity index (χ1n) is 15.3. The maximum absolute atomic E-state index is 6.55. The summed E-state index contributed by atoms with van der Waals surface area (Å²) in [5, 5.41) is 10.9. The first-order chi connectivity index (χ1) is 22.7. The molecule has 1 atom stereocenters. The maximum Gasteiger partial charge on any atom is 0.159 e.